The van der Waals surface area contributed by atoms with Crippen LogP contribution in [0.15, 0.2) is 0 Å². The van der Waals surface area contributed by atoms with Gasteiger partial charge in [-0.05, 0) is 12.8 Å². The first-order valence-corrected chi connectivity index (χ1v) is 6.32. The first kappa shape index (κ1) is 11.2. The normalized spacial score (nSPS) is 35.8. The molecule has 0 aromatic heterocycles. The maximum atomic E-state index is 11.0. The largest absolute Gasteiger partial charge is 0.748 e. The molecular formula is C6H12O5P2+2. The molecule has 0 bridgehead atoms. The summed E-state index contributed by atoms with van der Waals surface area (Å²) in [7, 11) is -4.59. The molecule has 0 spiro atoms. The molecule has 0 N–H and O–H groups in total. The van der Waals surface area contributed by atoms with E-state index in [-0.39, 0.29) is 12.2 Å². The summed E-state index contributed by atoms with van der Waals surface area (Å²) in [4.78, 5) is 0. The van der Waals surface area contributed by atoms with E-state index >= 15 is 0 Å². The molecule has 1 aliphatic heterocycles. The van der Waals surface area contributed by atoms with Gasteiger partial charge in [-0.25, -0.2) is 0 Å². The van der Waals surface area contributed by atoms with E-state index in [1.807, 2.05) is 13.8 Å². The molecule has 1 saturated heterocycles. The predicted molar refractivity (Wildman–Crippen MR) is 46.6 cm³/mol. The summed E-state index contributed by atoms with van der Waals surface area (Å²) in [6.45, 7) is 3.77. The van der Waals surface area contributed by atoms with Gasteiger partial charge in [0.1, 0.15) is 12.2 Å². The quantitative estimate of drug-likeness (QED) is 0.677. The van der Waals surface area contributed by atoms with Crippen LogP contribution in [-0.4, -0.2) is 12.2 Å². The van der Waals surface area contributed by atoms with Crippen molar-refractivity contribution in [2.75, 3.05) is 0 Å². The Hall–Kier alpha value is 0.0800. The topological polar surface area (TPSA) is 61.8 Å². The van der Waals surface area contributed by atoms with E-state index in [2.05, 4.69) is 4.31 Å². The van der Waals surface area contributed by atoms with Crippen molar-refractivity contribution in [3.63, 3.8) is 0 Å². The van der Waals surface area contributed by atoms with Gasteiger partial charge in [-0.15, -0.1) is 9.05 Å². The molecule has 5 nitrogen and oxygen atoms in total. The van der Waals surface area contributed by atoms with E-state index in [9.17, 15) is 9.13 Å². The van der Waals surface area contributed by atoms with Crippen LogP contribution in [-0.2, 0) is 22.5 Å². The van der Waals surface area contributed by atoms with Gasteiger partial charge in [-0.1, -0.05) is 13.8 Å². The fourth-order valence-electron chi connectivity index (χ4n) is 1.12. The maximum Gasteiger partial charge on any atom is 0.748 e. The summed E-state index contributed by atoms with van der Waals surface area (Å²) < 4.78 is 36.4. The first-order valence-electron chi connectivity index (χ1n) is 4.13. The molecule has 0 aliphatic carbocycles. The summed E-state index contributed by atoms with van der Waals surface area (Å²) in [5.41, 5.74) is 0. The number of rotatable bonds is 2. The van der Waals surface area contributed by atoms with Gasteiger partial charge in [0.25, 0.3) is 0 Å². The molecule has 7 heteroatoms. The van der Waals surface area contributed by atoms with E-state index < -0.39 is 16.5 Å². The third kappa shape index (κ3) is 3.04. The molecule has 4 atom stereocenters. The second kappa shape index (κ2) is 5.08. The second-order valence-electron chi connectivity index (χ2n) is 2.63. The molecule has 4 unspecified atom stereocenters. The monoisotopic (exact) mass is 226 g/mol. The lowest BCUT2D eigenvalue weighted by Crippen LogP contribution is -2.25. The van der Waals surface area contributed by atoms with Crippen LogP contribution in [0.5, 0.6) is 0 Å². The third-order valence-electron chi connectivity index (χ3n) is 1.80. The maximum absolute atomic E-state index is 11.0. The second-order valence-corrected chi connectivity index (χ2v) is 4.60. The van der Waals surface area contributed by atoms with E-state index in [1.54, 1.807) is 0 Å². The minimum Gasteiger partial charge on any atom is -0.110 e. The zero-order valence-corrected chi connectivity index (χ0v) is 9.29. The summed E-state index contributed by atoms with van der Waals surface area (Å²) in [6.07, 6.45) is 0.725. The highest BCUT2D eigenvalue weighted by Gasteiger charge is 2.50. The van der Waals surface area contributed by atoms with Crippen molar-refractivity contribution >= 4 is 16.5 Å². The summed E-state index contributed by atoms with van der Waals surface area (Å²) in [6, 6.07) is 0. The Bertz CT molecular complexity index is 197. The first-order chi connectivity index (χ1) is 6.17. The lowest BCUT2D eigenvalue weighted by molar-refractivity contribution is 0.0669. The van der Waals surface area contributed by atoms with E-state index in [0.29, 0.717) is 12.8 Å². The Labute approximate surface area is 78.7 Å². The van der Waals surface area contributed by atoms with Crippen molar-refractivity contribution in [3.05, 3.63) is 0 Å². The lowest BCUT2D eigenvalue weighted by Gasteiger charge is -2.10. The van der Waals surface area contributed by atoms with Crippen LogP contribution in [0.1, 0.15) is 26.7 Å². The summed E-state index contributed by atoms with van der Waals surface area (Å²) >= 11 is 0. The molecule has 0 amide bonds. The smallest absolute Gasteiger partial charge is 0.110 e. The number of hydrogen-bond donors (Lipinski definition) is 0. The van der Waals surface area contributed by atoms with E-state index in [0.717, 1.165) is 0 Å². The van der Waals surface area contributed by atoms with Crippen LogP contribution in [0.4, 0.5) is 0 Å². The van der Waals surface area contributed by atoms with Gasteiger partial charge in [0.15, 0.2) is 4.31 Å². The van der Waals surface area contributed by atoms with Gasteiger partial charge in [0, 0.05) is 9.13 Å². The van der Waals surface area contributed by atoms with Gasteiger partial charge in [-0.3, -0.25) is 0 Å². The van der Waals surface area contributed by atoms with E-state index in [4.69, 9.17) is 9.05 Å². The Kier molecular flexibility index (Phi) is 4.36. The van der Waals surface area contributed by atoms with Crippen molar-refractivity contribution in [3.8, 4) is 0 Å². The molecule has 1 aliphatic rings. The van der Waals surface area contributed by atoms with Crippen molar-refractivity contribution in [1.29, 1.82) is 0 Å². The third-order valence-corrected chi connectivity index (χ3v) is 3.75. The Balaban J connectivity index is 2.70. The molecule has 1 rings (SSSR count). The Morgan fingerprint density at radius 3 is 1.69 bits per heavy atom. The summed E-state index contributed by atoms with van der Waals surface area (Å²) in [5.74, 6) is 0. The SMILES string of the molecule is CCC1O[P+](=O)O[P+](=O)OC1CC. The van der Waals surface area contributed by atoms with Crippen LogP contribution in [0, 0.1) is 0 Å². The fourth-order valence-corrected chi connectivity index (χ4v) is 2.88. The summed E-state index contributed by atoms with van der Waals surface area (Å²) in [5, 5.41) is 0. The zero-order valence-electron chi connectivity index (χ0n) is 7.50. The predicted octanol–water partition coefficient (Wildman–Crippen LogP) is 2.92. The lowest BCUT2D eigenvalue weighted by atomic mass is 10.1. The van der Waals surface area contributed by atoms with Crippen LogP contribution >= 0.6 is 16.5 Å². The standard InChI is InChI=1S/C6H12O5P2/c1-3-5-6(4-2)10-13(8)11-12(7)9-5/h5-6H,3-4H2,1-2H3/q+2. The van der Waals surface area contributed by atoms with E-state index in [1.165, 1.54) is 0 Å². The molecule has 74 valence electrons. The minimum atomic E-state index is -2.29. The van der Waals surface area contributed by atoms with Crippen LogP contribution < -0.4 is 0 Å². The van der Waals surface area contributed by atoms with Crippen molar-refractivity contribution < 1.29 is 22.5 Å². The van der Waals surface area contributed by atoms with Crippen LogP contribution in [0.25, 0.3) is 0 Å². The average molecular weight is 226 g/mol. The molecule has 1 fully saturated rings. The van der Waals surface area contributed by atoms with Crippen molar-refractivity contribution in [2.45, 2.75) is 38.9 Å². The zero-order chi connectivity index (χ0) is 9.84. The van der Waals surface area contributed by atoms with Crippen molar-refractivity contribution in [1.82, 2.24) is 0 Å². The molecule has 1 heterocycles. The molecule has 0 aromatic carbocycles. The highest BCUT2D eigenvalue weighted by atomic mass is 31.2. The minimum absolute atomic E-state index is 0.296. The van der Waals surface area contributed by atoms with Crippen LogP contribution in [0.3, 0.4) is 0 Å². The van der Waals surface area contributed by atoms with Gasteiger partial charge in [-0.2, -0.15) is 0 Å². The number of hydrogen-bond acceptors (Lipinski definition) is 5. The van der Waals surface area contributed by atoms with Gasteiger partial charge in [0.05, 0.1) is 0 Å². The molecular weight excluding hydrogens is 214 g/mol. The molecule has 0 saturated carbocycles. The Morgan fingerprint density at radius 1 is 1.00 bits per heavy atom. The van der Waals surface area contributed by atoms with Gasteiger partial charge < -0.3 is 0 Å². The van der Waals surface area contributed by atoms with Gasteiger partial charge >= 0.3 is 16.5 Å². The Morgan fingerprint density at radius 2 is 1.38 bits per heavy atom. The highest BCUT2D eigenvalue weighted by Crippen LogP contribution is 2.46. The molecule has 0 aromatic rings. The van der Waals surface area contributed by atoms with Crippen LogP contribution in [0.2, 0.25) is 0 Å². The highest BCUT2D eigenvalue weighted by molar-refractivity contribution is 7.47. The van der Waals surface area contributed by atoms with Gasteiger partial charge in [0.2, 0.25) is 0 Å². The fraction of sp³-hybridized carbons (Fsp3) is 1.00. The van der Waals surface area contributed by atoms with Crippen molar-refractivity contribution in [2.24, 2.45) is 0 Å². The molecule has 13 heavy (non-hydrogen) atoms. The molecule has 0 radical (unpaired) electrons. The average Bonchev–Trinajstić information content (AvgIpc) is 2.23.